The van der Waals surface area contributed by atoms with Gasteiger partial charge in [0, 0.05) is 55.4 Å². The Labute approximate surface area is 192 Å². The average molecular weight is 446 g/mol. The molecule has 0 spiro atoms. The zero-order chi connectivity index (χ0) is 22.5. The number of nitrogens with zero attached hydrogens (tertiary/aromatic N) is 4. The third-order valence-corrected chi connectivity index (χ3v) is 6.04. The SMILES string of the molecule is C=C(Nc1cc2cc(-c3cnc(NC)s3)ccc2cn1)c1ccnc(NCCN(C)C)c1. The number of nitrogens with one attached hydrogen (secondary N) is 3. The van der Waals surface area contributed by atoms with Crippen molar-refractivity contribution in [3.8, 4) is 10.4 Å². The molecule has 8 heteroatoms. The van der Waals surface area contributed by atoms with Crippen LogP contribution in [0.15, 0.2) is 61.6 Å². The lowest BCUT2D eigenvalue weighted by Crippen LogP contribution is -2.21. The molecule has 0 radical (unpaired) electrons. The maximum atomic E-state index is 4.56. The lowest BCUT2D eigenvalue weighted by atomic mass is 10.1. The van der Waals surface area contributed by atoms with Crippen molar-refractivity contribution in [2.45, 2.75) is 0 Å². The highest BCUT2D eigenvalue weighted by atomic mass is 32.1. The van der Waals surface area contributed by atoms with Crippen LogP contribution >= 0.6 is 11.3 Å². The molecule has 4 rings (SSSR count). The van der Waals surface area contributed by atoms with E-state index in [9.17, 15) is 0 Å². The number of rotatable bonds is 9. The second-order valence-corrected chi connectivity index (χ2v) is 8.71. The highest BCUT2D eigenvalue weighted by molar-refractivity contribution is 7.18. The molecule has 0 aliphatic carbocycles. The number of likely N-dealkylation sites (N-methyl/N-ethyl adjacent to an activating group) is 1. The van der Waals surface area contributed by atoms with Crippen molar-refractivity contribution >= 4 is 44.6 Å². The highest BCUT2D eigenvalue weighted by Gasteiger charge is 2.07. The number of thiazole rings is 1. The first-order chi connectivity index (χ1) is 15.5. The second kappa shape index (κ2) is 9.76. The van der Waals surface area contributed by atoms with Gasteiger partial charge in [-0.25, -0.2) is 15.0 Å². The summed E-state index contributed by atoms with van der Waals surface area (Å²) in [6.45, 7) is 5.96. The normalized spacial score (nSPS) is 11.0. The largest absolute Gasteiger partial charge is 0.369 e. The molecule has 164 valence electrons. The van der Waals surface area contributed by atoms with E-state index in [1.54, 1.807) is 17.5 Å². The molecule has 0 saturated carbocycles. The number of hydrogen-bond acceptors (Lipinski definition) is 8. The summed E-state index contributed by atoms with van der Waals surface area (Å²) in [4.78, 5) is 16.6. The number of benzene rings is 1. The summed E-state index contributed by atoms with van der Waals surface area (Å²) in [7, 11) is 5.98. The Kier molecular flexibility index (Phi) is 6.63. The minimum absolute atomic E-state index is 0.749. The minimum Gasteiger partial charge on any atom is -0.369 e. The van der Waals surface area contributed by atoms with Gasteiger partial charge in [-0.2, -0.15) is 0 Å². The summed E-state index contributed by atoms with van der Waals surface area (Å²) in [6, 6.07) is 12.3. The molecule has 0 aliphatic rings. The van der Waals surface area contributed by atoms with E-state index >= 15 is 0 Å². The fourth-order valence-electron chi connectivity index (χ4n) is 3.24. The lowest BCUT2D eigenvalue weighted by molar-refractivity contribution is 0.425. The van der Waals surface area contributed by atoms with Gasteiger partial charge in [-0.1, -0.05) is 30.0 Å². The van der Waals surface area contributed by atoms with E-state index in [1.165, 1.54) is 0 Å². The predicted molar refractivity (Wildman–Crippen MR) is 136 cm³/mol. The molecule has 0 fully saturated rings. The zero-order valence-corrected chi connectivity index (χ0v) is 19.3. The van der Waals surface area contributed by atoms with Crippen molar-refractivity contribution < 1.29 is 0 Å². The number of anilines is 3. The summed E-state index contributed by atoms with van der Waals surface area (Å²) in [6.07, 6.45) is 5.56. The van der Waals surface area contributed by atoms with Gasteiger partial charge >= 0.3 is 0 Å². The summed E-state index contributed by atoms with van der Waals surface area (Å²) in [5.74, 6) is 1.58. The van der Waals surface area contributed by atoms with Crippen LogP contribution in [0.25, 0.3) is 26.9 Å². The number of aromatic nitrogens is 3. The average Bonchev–Trinajstić information content (AvgIpc) is 3.28. The van der Waals surface area contributed by atoms with Gasteiger partial charge in [0.25, 0.3) is 0 Å². The standard InChI is InChI=1S/C24H27N7S/c1-16(17-7-8-26-22(12-17)27-9-10-31(3)4)30-23-13-20-11-18(5-6-19(20)14-28-23)21-15-29-24(25-2)32-21/h5-8,11-15H,1,9-10H2,2-4H3,(H,25,29)(H,26,27)(H,28,30). The molecule has 3 N–H and O–H groups in total. The quantitative estimate of drug-likeness (QED) is 0.340. The number of hydrogen-bond donors (Lipinski definition) is 3. The minimum atomic E-state index is 0.749. The Morgan fingerprint density at radius 1 is 1.00 bits per heavy atom. The van der Waals surface area contributed by atoms with E-state index in [4.69, 9.17) is 0 Å². The first-order valence-electron chi connectivity index (χ1n) is 10.4. The molecule has 0 saturated heterocycles. The maximum Gasteiger partial charge on any atom is 0.182 e. The first kappa shape index (κ1) is 21.7. The molecule has 3 aromatic heterocycles. The van der Waals surface area contributed by atoms with Crippen molar-refractivity contribution in [2.75, 3.05) is 50.2 Å². The molecule has 0 amide bonds. The van der Waals surface area contributed by atoms with Crippen molar-refractivity contribution in [2.24, 2.45) is 0 Å². The predicted octanol–water partition coefficient (Wildman–Crippen LogP) is 4.85. The summed E-state index contributed by atoms with van der Waals surface area (Å²) >= 11 is 1.63. The van der Waals surface area contributed by atoms with Gasteiger partial charge in [0.15, 0.2) is 5.13 Å². The smallest absolute Gasteiger partial charge is 0.182 e. The topological polar surface area (TPSA) is 78.0 Å². The monoisotopic (exact) mass is 445 g/mol. The summed E-state index contributed by atoms with van der Waals surface area (Å²) < 4.78 is 0. The van der Waals surface area contributed by atoms with E-state index in [2.05, 4.69) is 60.6 Å². The Hall–Kier alpha value is -3.49. The Morgan fingerprint density at radius 2 is 1.88 bits per heavy atom. The van der Waals surface area contributed by atoms with E-state index in [0.29, 0.717) is 0 Å². The molecule has 0 bridgehead atoms. The number of fused-ring (bicyclic) bond motifs is 1. The molecule has 32 heavy (non-hydrogen) atoms. The Bertz CT molecular complexity index is 1230. The third kappa shape index (κ3) is 5.22. The third-order valence-electron chi connectivity index (χ3n) is 4.98. The molecular formula is C24H27N7S. The van der Waals surface area contributed by atoms with Crippen molar-refractivity contribution in [3.63, 3.8) is 0 Å². The fourth-order valence-corrected chi connectivity index (χ4v) is 4.00. The van der Waals surface area contributed by atoms with E-state index in [-0.39, 0.29) is 0 Å². The van der Waals surface area contributed by atoms with Crippen LogP contribution in [0.1, 0.15) is 5.56 Å². The molecule has 3 heterocycles. The van der Waals surface area contributed by atoms with Crippen LogP contribution < -0.4 is 16.0 Å². The van der Waals surface area contributed by atoms with Gasteiger partial charge in [0.05, 0.1) is 4.88 Å². The molecule has 4 aromatic rings. The molecule has 0 atom stereocenters. The molecule has 7 nitrogen and oxygen atoms in total. The molecule has 0 unspecified atom stereocenters. The van der Waals surface area contributed by atoms with Gasteiger partial charge in [-0.05, 0) is 49.3 Å². The highest BCUT2D eigenvalue weighted by Crippen LogP contribution is 2.31. The van der Waals surface area contributed by atoms with Gasteiger partial charge in [-0.3, -0.25) is 0 Å². The van der Waals surface area contributed by atoms with Gasteiger partial charge in [-0.15, -0.1) is 0 Å². The fraction of sp³-hybridized carbons (Fsp3) is 0.208. The summed E-state index contributed by atoms with van der Waals surface area (Å²) in [5.41, 5.74) is 2.87. The van der Waals surface area contributed by atoms with Crippen LogP contribution in [-0.4, -0.2) is 54.1 Å². The first-order valence-corrected chi connectivity index (χ1v) is 11.2. The van der Waals surface area contributed by atoms with Crippen LogP contribution in [0.5, 0.6) is 0 Å². The number of pyridine rings is 2. The van der Waals surface area contributed by atoms with Crippen molar-refractivity contribution in [1.29, 1.82) is 0 Å². The van der Waals surface area contributed by atoms with Gasteiger partial charge in [0.2, 0.25) is 0 Å². The van der Waals surface area contributed by atoms with Gasteiger partial charge in [0.1, 0.15) is 11.6 Å². The van der Waals surface area contributed by atoms with E-state index in [1.807, 2.05) is 51.7 Å². The second-order valence-electron chi connectivity index (χ2n) is 7.67. The van der Waals surface area contributed by atoms with Crippen LogP contribution in [0.2, 0.25) is 0 Å². The Balaban J connectivity index is 1.50. The van der Waals surface area contributed by atoms with E-state index < -0.39 is 0 Å². The Morgan fingerprint density at radius 3 is 2.66 bits per heavy atom. The summed E-state index contributed by atoms with van der Waals surface area (Å²) in [5, 5.41) is 12.9. The van der Waals surface area contributed by atoms with Crippen LogP contribution in [0, 0.1) is 0 Å². The van der Waals surface area contributed by atoms with Crippen LogP contribution in [0.3, 0.4) is 0 Å². The van der Waals surface area contributed by atoms with Crippen molar-refractivity contribution in [1.82, 2.24) is 19.9 Å². The lowest BCUT2D eigenvalue weighted by Gasteiger charge is -2.13. The maximum absolute atomic E-state index is 4.56. The molecular weight excluding hydrogens is 418 g/mol. The molecule has 1 aromatic carbocycles. The van der Waals surface area contributed by atoms with E-state index in [0.717, 1.165) is 62.3 Å². The zero-order valence-electron chi connectivity index (χ0n) is 18.5. The van der Waals surface area contributed by atoms with Crippen molar-refractivity contribution in [3.05, 3.63) is 67.1 Å². The van der Waals surface area contributed by atoms with Gasteiger partial charge < -0.3 is 20.9 Å². The van der Waals surface area contributed by atoms with Crippen LogP contribution in [-0.2, 0) is 0 Å². The van der Waals surface area contributed by atoms with Crippen LogP contribution in [0.4, 0.5) is 16.8 Å². The molecule has 0 aliphatic heterocycles.